The number of aliphatic carboxylic acids is 3. The van der Waals surface area contributed by atoms with Crippen molar-refractivity contribution in [1.29, 1.82) is 0 Å². The van der Waals surface area contributed by atoms with Crippen LogP contribution in [0.15, 0.2) is 77.6 Å². The number of benzene rings is 2. The summed E-state index contributed by atoms with van der Waals surface area (Å²) >= 11 is 0. The Kier molecular flexibility index (Phi) is 38.2. The highest BCUT2D eigenvalue weighted by molar-refractivity contribution is 5.98. The normalized spacial score (nSPS) is 17.5. The summed E-state index contributed by atoms with van der Waals surface area (Å²) in [6.45, 7) is 15.0. The first-order valence-corrected chi connectivity index (χ1v) is 40.0. The maximum atomic E-state index is 14.9. The number of carbonyl (C=O) groups is 15. The molecule has 3 aliphatic rings. The molecule has 626 valence electrons. The number of aliphatic hydroxyl groups excluding tert-OH is 1. The summed E-state index contributed by atoms with van der Waals surface area (Å²) in [5.41, 5.74) is 8.24. The number of nitrogens with two attached hydrogens (primary N) is 1. The van der Waals surface area contributed by atoms with Gasteiger partial charge in [0.1, 0.15) is 11.8 Å². The number of aliphatic hydroxyl groups is 1. The third-order valence-electron chi connectivity index (χ3n) is 21.4. The quantitative estimate of drug-likeness (QED) is 0.0378. The number of H-pyrrole nitrogens is 1. The van der Waals surface area contributed by atoms with E-state index in [0.717, 1.165) is 10.9 Å². The number of hydrogen-bond acceptors (Lipinski definition) is 21. The highest BCUT2D eigenvalue weighted by atomic mass is 16.4. The molecule has 4 heterocycles. The summed E-state index contributed by atoms with van der Waals surface area (Å²) in [5, 5.41) is 55.6. The third kappa shape index (κ3) is 32.4. The molecular weight excluding hydrogens is 1470 g/mol. The van der Waals surface area contributed by atoms with Crippen molar-refractivity contribution in [3.8, 4) is 0 Å². The standard InChI is InChI=1S/C83H120N12O19/c1-50(2)35-58(70(99)45-76(105)87-64(54(8)96)36-51(3)4)42-73(102)67(43-60-17-14-26-85-60)88-75(104)23-21-69(98)80(52(5)6)91-81(111)53(7)37-71(100)66(40-59-46-86-63-19-13-12-18-62(59)63)90-82(112)57(20-22-74(84)103)41-72(101)65(39-55-15-10-9-11-16-55)89-77(106)47-92-27-24-56(25-28-92)38-61(97)44-68(83(113)114)95-33-31-93(48-78(107)108)29-30-94(32-34-95)49-79(109)110/h9-13,15-19,26,46,50-53,56-58,64-68,70,80,86,99H,14,20-25,27-45,47-49H2,1-8H3,(H2,84,103)(H,87,105)(H,88,104)(H,89,106)(H,90,112)(H,91,111)(H,107,108)(H,109,110)(H,113,114)/t53-,57-,58-,64+,65-,66+,67+,68?,70+,80+/m1/s1. The summed E-state index contributed by atoms with van der Waals surface area (Å²) in [5.74, 6) is -13.6. The van der Waals surface area contributed by atoms with Crippen molar-refractivity contribution >= 4 is 105 Å². The van der Waals surface area contributed by atoms with Crippen molar-refractivity contribution in [2.75, 3.05) is 72.0 Å². The molecule has 0 spiro atoms. The summed E-state index contributed by atoms with van der Waals surface area (Å²) in [4.78, 5) is 217. The number of aliphatic imine (C=N–C) groups is 1. The number of carboxylic acids is 3. The number of nitrogens with one attached hydrogen (secondary N) is 6. The van der Waals surface area contributed by atoms with E-state index in [-0.39, 0.29) is 159 Å². The van der Waals surface area contributed by atoms with Gasteiger partial charge in [-0.15, -0.1) is 0 Å². The number of amides is 6. The Bertz CT molecular complexity index is 3860. The van der Waals surface area contributed by atoms with E-state index in [9.17, 15) is 92.3 Å². The predicted octanol–water partition coefficient (Wildman–Crippen LogP) is 4.18. The first kappa shape index (κ1) is 93.3. The molecule has 0 bridgehead atoms. The van der Waals surface area contributed by atoms with Crippen LogP contribution in [0, 0.1) is 41.4 Å². The molecular formula is C83H120N12O19. The lowest BCUT2D eigenvalue weighted by Crippen LogP contribution is -2.50. The Labute approximate surface area is 666 Å². The molecule has 1 unspecified atom stereocenters. The van der Waals surface area contributed by atoms with Crippen LogP contribution in [0.25, 0.3) is 10.9 Å². The van der Waals surface area contributed by atoms with Gasteiger partial charge in [-0.05, 0) is 105 Å². The van der Waals surface area contributed by atoms with Crippen molar-refractivity contribution < 1.29 is 92.3 Å². The van der Waals surface area contributed by atoms with Crippen LogP contribution in [0.2, 0.25) is 0 Å². The maximum absolute atomic E-state index is 14.9. The van der Waals surface area contributed by atoms with Gasteiger partial charge in [-0.2, -0.15) is 0 Å². The number of aromatic nitrogens is 1. The number of carboxylic acid groups (broad SMARTS) is 3. The molecule has 114 heavy (non-hydrogen) atoms. The van der Waals surface area contributed by atoms with Gasteiger partial charge in [-0.25, -0.2) is 0 Å². The fourth-order valence-electron chi connectivity index (χ4n) is 15.0. The van der Waals surface area contributed by atoms with Crippen LogP contribution in [-0.4, -0.2) is 254 Å². The smallest absolute Gasteiger partial charge is 0.321 e. The summed E-state index contributed by atoms with van der Waals surface area (Å²) in [7, 11) is 0. The van der Waals surface area contributed by atoms with Crippen LogP contribution in [0.5, 0.6) is 0 Å². The number of hydrogen-bond donors (Lipinski definition) is 11. The Morgan fingerprint density at radius 3 is 1.72 bits per heavy atom. The first-order valence-electron chi connectivity index (χ1n) is 40.0. The van der Waals surface area contributed by atoms with Gasteiger partial charge in [0.05, 0.1) is 62.4 Å². The lowest BCUT2D eigenvalue weighted by atomic mass is 9.84. The second kappa shape index (κ2) is 46.7. The van der Waals surface area contributed by atoms with Crippen LogP contribution < -0.4 is 32.3 Å². The van der Waals surface area contributed by atoms with Crippen molar-refractivity contribution in [3.63, 3.8) is 0 Å². The van der Waals surface area contributed by atoms with E-state index in [1.165, 1.54) is 13.8 Å². The Balaban J connectivity index is 1.09. The lowest BCUT2D eigenvalue weighted by Gasteiger charge is -2.33. The van der Waals surface area contributed by atoms with E-state index < -0.39 is 155 Å². The monoisotopic (exact) mass is 1590 g/mol. The van der Waals surface area contributed by atoms with Gasteiger partial charge in [0, 0.05) is 151 Å². The molecule has 2 aromatic carbocycles. The number of Topliss-reactive ketones (excluding diaryl/α,β-unsaturated/α-hetero) is 6. The minimum Gasteiger partial charge on any atom is -0.480 e. The van der Waals surface area contributed by atoms with Gasteiger partial charge in [0.2, 0.25) is 35.4 Å². The zero-order valence-corrected chi connectivity index (χ0v) is 67.2. The maximum Gasteiger partial charge on any atom is 0.321 e. The molecule has 2 saturated heterocycles. The predicted molar refractivity (Wildman–Crippen MR) is 425 cm³/mol. The largest absolute Gasteiger partial charge is 0.480 e. The molecule has 6 amide bonds. The number of piperidine rings is 1. The number of aromatic amines is 1. The SMILES string of the molecule is CC(=O)[C@H](CC(C)C)NC(=O)C[C@H](O)[C@@H](CC(=O)[C@H](CC1=CCC=N1)NC(=O)CCC(=O)[C@@H](NC(=O)[C@H](C)CC(=O)[C@H](Cc1c[nH]c2ccccc12)NC(=O)[C@H](CCC(N)=O)CC(=O)[C@@H](Cc1ccccc1)NC(=O)CN1CCC(CC(=O)CC(C(=O)O)N2CCN(CC(=O)O)CCN(CC(=O)O)CC2)CC1)C(C)C)CC(C)C. The van der Waals surface area contributed by atoms with Gasteiger partial charge in [-0.1, -0.05) is 103 Å². The van der Waals surface area contributed by atoms with Crippen molar-refractivity contribution in [1.82, 2.24) is 51.2 Å². The number of primary amides is 1. The van der Waals surface area contributed by atoms with E-state index in [0.29, 0.717) is 62.0 Å². The number of likely N-dealkylation sites (tertiary alicyclic amines) is 1. The average Bonchev–Trinajstić information content (AvgIpc) is 1.63. The zero-order valence-electron chi connectivity index (χ0n) is 67.2. The van der Waals surface area contributed by atoms with Crippen molar-refractivity contribution in [2.45, 2.75) is 213 Å². The fourth-order valence-corrected chi connectivity index (χ4v) is 15.0. The fraction of sp³-hybridized carbons (Fsp3) is 0.614. The molecule has 31 heteroatoms. The third-order valence-corrected chi connectivity index (χ3v) is 21.4. The molecule has 0 aliphatic carbocycles. The molecule has 0 radical (unpaired) electrons. The Hall–Kier alpha value is -9.56. The number of fused-ring (bicyclic) bond motifs is 1. The molecule has 1 aromatic heterocycles. The number of nitrogens with zero attached hydrogens (tertiary/aromatic N) is 5. The molecule has 10 atom stereocenters. The lowest BCUT2D eigenvalue weighted by molar-refractivity contribution is -0.146. The minimum atomic E-state index is -1.33. The second-order valence-electron chi connectivity index (χ2n) is 32.2. The van der Waals surface area contributed by atoms with E-state index >= 15 is 0 Å². The number of rotatable bonds is 50. The summed E-state index contributed by atoms with van der Waals surface area (Å²) < 4.78 is 0. The van der Waals surface area contributed by atoms with Crippen LogP contribution in [-0.2, 0) is 84.8 Å². The van der Waals surface area contributed by atoms with Gasteiger partial charge >= 0.3 is 17.9 Å². The minimum absolute atomic E-state index is 0.00276. The molecule has 3 aliphatic heterocycles. The number of allylic oxidation sites excluding steroid dienone is 1. The van der Waals surface area contributed by atoms with Crippen LogP contribution >= 0.6 is 0 Å². The Morgan fingerprint density at radius 2 is 1.13 bits per heavy atom. The second-order valence-corrected chi connectivity index (χ2v) is 32.2. The van der Waals surface area contributed by atoms with Gasteiger partial charge in [0.15, 0.2) is 28.9 Å². The average molecular weight is 1590 g/mol. The van der Waals surface area contributed by atoms with Crippen LogP contribution in [0.1, 0.15) is 169 Å². The number of para-hydroxylation sites is 1. The van der Waals surface area contributed by atoms with E-state index in [1.54, 1.807) is 77.4 Å². The number of ketones is 6. The number of carbonyl (C=O) groups excluding carboxylic acids is 12. The molecule has 31 nitrogen and oxygen atoms in total. The highest BCUT2D eigenvalue weighted by Crippen LogP contribution is 2.28. The molecule has 12 N–H and O–H groups in total. The topological polar surface area (TPSA) is 464 Å². The molecule has 0 saturated carbocycles. The Morgan fingerprint density at radius 1 is 0.561 bits per heavy atom. The summed E-state index contributed by atoms with van der Waals surface area (Å²) in [6.07, 6.45) is 3.00. The molecule has 3 aromatic rings. The van der Waals surface area contributed by atoms with Crippen LogP contribution in [0.3, 0.4) is 0 Å². The van der Waals surface area contributed by atoms with Crippen LogP contribution in [0.4, 0.5) is 0 Å². The summed E-state index contributed by atoms with van der Waals surface area (Å²) in [6, 6.07) is 9.36. The van der Waals surface area contributed by atoms with Gasteiger partial charge in [-0.3, -0.25) is 96.5 Å². The first-order chi connectivity index (χ1) is 54.0. The van der Waals surface area contributed by atoms with Gasteiger partial charge < -0.3 is 57.7 Å². The zero-order chi connectivity index (χ0) is 83.9. The molecule has 2 fully saturated rings. The molecule has 6 rings (SSSR count). The van der Waals surface area contributed by atoms with E-state index in [2.05, 4.69) is 36.6 Å². The van der Waals surface area contributed by atoms with Crippen molar-refractivity contribution in [2.24, 2.45) is 52.2 Å². The highest BCUT2D eigenvalue weighted by Gasteiger charge is 2.38. The van der Waals surface area contributed by atoms with E-state index in [1.807, 2.05) is 56.9 Å². The van der Waals surface area contributed by atoms with Gasteiger partial charge in [0.25, 0.3) is 0 Å². The van der Waals surface area contributed by atoms with Crippen molar-refractivity contribution in [3.05, 3.63) is 83.7 Å². The van der Waals surface area contributed by atoms with E-state index in [4.69, 9.17) is 5.73 Å².